The van der Waals surface area contributed by atoms with Gasteiger partial charge >= 0.3 is 0 Å². The van der Waals surface area contributed by atoms with Gasteiger partial charge in [-0.15, -0.1) is 24.0 Å². The molecule has 0 heterocycles. The predicted octanol–water partition coefficient (Wildman–Crippen LogP) is 1.99. The molecule has 2 rings (SSSR count). The Balaban J connectivity index is 0.00000364. The van der Waals surface area contributed by atoms with Gasteiger partial charge in [-0.25, -0.2) is 12.7 Å². The van der Waals surface area contributed by atoms with Crippen molar-refractivity contribution in [1.82, 2.24) is 14.5 Å². The quantitative estimate of drug-likeness (QED) is 0.238. The van der Waals surface area contributed by atoms with E-state index in [-0.39, 0.29) is 24.0 Å². The number of sulfonamides is 1. The van der Waals surface area contributed by atoms with Crippen molar-refractivity contribution in [2.75, 3.05) is 47.9 Å². The highest BCUT2D eigenvalue weighted by atomic mass is 127. The Morgan fingerprint density at radius 2 is 1.85 bits per heavy atom. The Labute approximate surface area is 180 Å². The number of hydrogen-bond donors (Lipinski definition) is 1. The molecule has 9 heteroatoms. The number of aliphatic imine (C=N–C) groups is 1. The fourth-order valence-electron chi connectivity index (χ4n) is 2.40. The molecule has 0 bridgehead atoms. The smallest absolute Gasteiger partial charge is 0.242 e. The third kappa shape index (κ3) is 7.55. The minimum Gasteiger partial charge on any atom is -0.379 e. The SMILES string of the molecule is CN=C(NCc1ccc(S(=O)(=O)N(C)C)cc1)N(C)CCOCC1CC1.I. The molecule has 1 N–H and O–H groups in total. The van der Waals surface area contributed by atoms with Crippen LogP contribution in [0.25, 0.3) is 0 Å². The van der Waals surface area contributed by atoms with Gasteiger partial charge < -0.3 is 15.0 Å². The third-order valence-electron chi connectivity index (χ3n) is 4.35. The molecule has 0 unspecified atom stereocenters. The van der Waals surface area contributed by atoms with Crippen LogP contribution < -0.4 is 5.32 Å². The summed E-state index contributed by atoms with van der Waals surface area (Å²) in [7, 11) is 3.38. The molecule has 0 atom stereocenters. The topological polar surface area (TPSA) is 74.2 Å². The van der Waals surface area contributed by atoms with Crippen molar-refractivity contribution in [3.8, 4) is 0 Å². The molecule has 1 aliphatic rings. The normalized spacial score (nSPS) is 14.8. The first-order valence-electron chi connectivity index (χ1n) is 8.85. The van der Waals surface area contributed by atoms with Crippen molar-refractivity contribution in [3.63, 3.8) is 0 Å². The van der Waals surface area contributed by atoms with Crippen LogP contribution in [0.15, 0.2) is 34.2 Å². The first-order chi connectivity index (χ1) is 12.3. The molecule has 1 aromatic rings. The average molecular weight is 510 g/mol. The van der Waals surface area contributed by atoms with E-state index in [1.807, 2.05) is 24.1 Å². The van der Waals surface area contributed by atoms with Crippen LogP contribution in [0, 0.1) is 5.92 Å². The molecule has 0 spiro atoms. The molecular weight excluding hydrogens is 479 g/mol. The fourth-order valence-corrected chi connectivity index (χ4v) is 3.30. The fraction of sp³-hybridized carbons (Fsp3) is 0.611. The number of guanidine groups is 1. The van der Waals surface area contributed by atoms with Crippen molar-refractivity contribution < 1.29 is 13.2 Å². The summed E-state index contributed by atoms with van der Waals surface area (Å²) in [5.41, 5.74) is 0.988. The molecule has 0 radical (unpaired) electrons. The monoisotopic (exact) mass is 510 g/mol. The maximum absolute atomic E-state index is 12.1. The van der Waals surface area contributed by atoms with E-state index in [0.29, 0.717) is 18.0 Å². The van der Waals surface area contributed by atoms with Gasteiger partial charge in [-0.1, -0.05) is 12.1 Å². The van der Waals surface area contributed by atoms with Crippen LogP contribution in [0.3, 0.4) is 0 Å². The second-order valence-electron chi connectivity index (χ2n) is 6.77. The van der Waals surface area contributed by atoms with Gasteiger partial charge in [0.05, 0.1) is 11.5 Å². The molecule has 1 fully saturated rings. The zero-order valence-electron chi connectivity index (χ0n) is 16.5. The van der Waals surface area contributed by atoms with Crippen LogP contribution in [-0.2, 0) is 21.3 Å². The summed E-state index contributed by atoms with van der Waals surface area (Å²) in [6.07, 6.45) is 2.60. The summed E-state index contributed by atoms with van der Waals surface area (Å²) in [6.45, 7) is 2.89. The molecule has 7 nitrogen and oxygen atoms in total. The number of rotatable bonds is 9. The molecule has 1 saturated carbocycles. The second-order valence-corrected chi connectivity index (χ2v) is 8.92. The van der Waals surface area contributed by atoms with E-state index in [1.165, 1.54) is 31.2 Å². The number of likely N-dealkylation sites (N-methyl/N-ethyl adjacent to an activating group) is 1. The van der Waals surface area contributed by atoms with Crippen LogP contribution in [0.5, 0.6) is 0 Å². The predicted molar refractivity (Wildman–Crippen MR) is 119 cm³/mol. The van der Waals surface area contributed by atoms with Gasteiger partial charge in [0, 0.05) is 47.9 Å². The van der Waals surface area contributed by atoms with Crippen LogP contribution in [0.2, 0.25) is 0 Å². The Hall–Kier alpha value is -0.910. The largest absolute Gasteiger partial charge is 0.379 e. The summed E-state index contributed by atoms with van der Waals surface area (Å²) in [6, 6.07) is 6.89. The zero-order chi connectivity index (χ0) is 19.2. The molecule has 0 aliphatic heterocycles. The maximum Gasteiger partial charge on any atom is 0.242 e. The van der Waals surface area contributed by atoms with Crippen molar-refractivity contribution in [3.05, 3.63) is 29.8 Å². The lowest BCUT2D eigenvalue weighted by Gasteiger charge is -2.22. The molecule has 0 aromatic heterocycles. The van der Waals surface area contributed by atoms with Crippen molar-refractivity contribution in [2.24, 2.45) is 10.9 Å². The van der Waals surface area contributed by atoms with Gasteiger partial charge in [-0.05, 0) is 36.5 Å². The number of nitrogens with one attached hydrogen (secondary N) is 1. The summed E-state index contributed by atoms with van der Waals surface area (Å²) >= 11 is 0. The van der Waals surface area contributed by atoms with E-state index in [2.05, 4.69) is 10.3 Å². The van der Waals surface area contributed by atoms with Crippen molar-refractivity contribution in [1.29, 1.82) is 0 Å². The molecule has 0 saturated heterocycles. The van der Waals surface area contributed by atoms with E-state index < -0.39 is 10.0 Å². The van der Waals surface area contributed by atoms with E-state index in [1.54, 1.807) is 19.2 Å². The van der Waals surface area contributed by atoms with Crippen LogP contribution in [0.1, 0.15) is 18.4 Å². The van der Waals surface area contributed by atoms with Gasteiger partial charge in [0.15, 0.2) is 5.96 Å². The van der Waals surface area contributed by atoms with Gasteiger partial charge in [0.25, 0.3) is 0 Å². The minimum atomic E-state index is -3.39. The minimum absolute atomic E-state index is 0. The van der Waals surface area contributed by atoms with E-state index in [4.69, 9.17) is 4.74 Å². The molecule has 1 aromatic carbocycles. The summed E-state index contributed by atoms with van der Waals surface area (Å²) in [5, 5.41) is 3.29. The number of nitrogens with zero attached hydrogens (tertiary/aromatic N) is 3. The summed E-state index contributed by atoms with van der Waals surface area (Å²) < 4.78 is 31.1. The molecule has 154 valence electrons. The van der Waals surface area contributed by atoms with Gasteiger partial charge in [-0.3, -0.25) is 4.99 Å². The Morgan fingerprint density at radius 3 is 2.37 bits per heavy atom. The lowest BCUT2D eigenvalue weighted by Crippen LogP contribution is -2.40. The van der Waals surface area contributed by atoms with Crippen LogP contribution >= 0.6 is 24.0 Å². The standard InChI is InChI=1S/C18H30N4O3S.HI/c1-19-18(22(4)11-12-25-14-16-5-6-16)20-13-15-7-9-17(10-8-15)26(23,24)21(2)3;/h7-10,16H,5-6,11-14H2,1-4H3,(H,19,20);1H. The lowest BCUT2D eigenvalue weighted by atomic mass is 10.2. The second kappa shape index (κ2) is 11.2. The summed E-state index contributed by atoms with van der Waals surface area (Å²) in [5.74, 6) is 1.56. The highest BCUT2D eigenvalue weighted by Gasteiger charge is 2.21. The zero-order valence-corrected chi connectivity index (χ0v) is 19.7. The first kappa shape index (κ1) is 24.1. The highest BCUT2D eigenvalue weighted by molar-refractivity contribution is 14.0. The van der Waals surface area contributed by atoms with E-state index >= 15 is 0 Å². The molecule has 27 heavy (non-hydrogen) atoms. The van der Waals surface area contributed by atoms with Gasteiger partial charge in [-0.2, -0.15) is 0 Å². The first-order valence-corrected chi connectivity index (χ1v) is 10.3. The van der Waals surface area contributed by atoms with E-state index in [0.717, 1.165) is 30.6 Å². The highest BCUT2D eigenvalue weighted by Crippen LogP contribution is 2.28. The maximum atomic E-state index is 12.1. The Kier molecular flexibility index (Phi) is 9.99. The molecular formula is C18H31IN4O3S. The number of hydrogen-bond acceptors (Lipinski definition) is 4. The van der Waals surface area contributed by atoms with Crippen LogP contribution in [-0.4, -0.2) is 71.5 Å². The van der Waals surface area contributed by atoms with Crippen LogP contribution in [0.4, 0.5) is 0 Å². The number of benzene rings is 1. The van der Waals surface area contributed by atoms with Crippen molar-refractivity contribution >= 4 is 40.0 Å². The molecule has 0 amide bonds. The Bertz CT molecular complexity index is 704. The summed E-state index contributed by atoms with van der Waals surface area (Å²) in [4.78, 5) is 6.60. The average Bonchev–Trinajstić information content (AvgIpc) is 3.44. The number of ether oxygens (including phenoxy) is 1. The Morgan fingerprint density at radius 1 is 1.22 bits per heavy atom. The lowest BCUT2D eigenvalue weighted by molar-refractivity contribution is 0.115. The van der Waals surface area contributed by atoms with Gasteiger partial charge in [0.2, 0.25) is 10.0 Å². The van der Waals surface area contributed by atoms with E-state index in [9.17, 15) is 8.42 Å². The number of halogens is 1. The van der Waals surface area contributed by atoms with Gasteiger partial charge in [0.1, 0.15) is 0 Å². The van der Waals surface area contributed by atoms with Crippen molar-refractivity contribution in [2.45, 2.75) is 24.3 Å². The third-order valence-corrected chi connectivity index (χ3v) is 6.18. The molecule has 1 aliphatic carbocycles.